The summed E-state index contributed by atoms with van der Waals surface area (Å²) in [6, 6.07) is 0. The van der Waals surface area contributed by atoms with Gasteiger partial charge in [-0.25, -0.2) is 0 Å². The Morgan fingerprint density at radius 1 is 1.05 bits per heavy atom. The molecule has 0 aromatic carbocycles. The first-order valence-corrected chi connectivity index (χ1v) is 6.48. The minimum absolute atomic E-state index is 0.0481. The van der Waals surface area contributed by atoms with Crippen molar-refractivity contribution in [3.8, 4) is 0 Å². The van der Waals surface area contributed by atoms with Crippen LogP contribution in [0.1, 0.15) is 54.4 Å². The Labute approximate surface area is 115 Å². The van der Waals surface area contributed by atoms with Gasteiger partial charge in [0.05, 0.1) is 5.41 Å². The Morgan fingerprint density at radius 2 is 1.53 bits per heavy atom. The van der Waals surface area contributed by atoms with Gasteiger partial charge >= 0.3 is 5.97 Å². The van der Waals surface area contributed by atoms with Gasteiger partial charge in [-0.1, -0.05) is 13.8 Å². The van der Waals surface area contributed by atoms with Crippen LogP contribution in [0.2, 0.25) is 0 Å². The number of hydrogen-bond donors (Lipinski definition) is 2. The molecule has 0 aliphatic rings. The highest BCUT2D eigenvalue weighted by Gasteiger charge is 2.40. The lowest BCUT2D eigenvalue weighted by molar-refractivity contribution is -0.170. The number of primary amides is 1. The van der Waals surface area contributed by atoms with Gasteiger partial charge in [-0.15, -0.1) is 0 Å². The van der Waals surface area contributed by atoms with E-state index in [-0.39, 0.29) is 12.6 Å². The number of rotatable bonds is 7. The molecule has 0 saturated heterocycles. The maximum absolute atomic E-state index is 12.2. The summed E-state index contributed by atoms with van der Waals surface area (Å²) in [4.78, 5) is 23.5. The van der Waals surface area contributed by atoms with Crippen LogP contribution in [0.5, 0.6) is 0 Å². The maximum atomic E-state index is 12.2. The summed E-state index contributed by atoms with van der Waals surface area (Å²) in [7, 11) is 0. The van der Waals surface area contributed by atoms with Crippen molar-refractivity contribution < 1.29 is 19.4 Å². The molecule has 0 bridgehead atoms. The topological polar surface area (TPSA) is 89.6 Å². The summed E-state index contributed by atoms with van der Waals surface area (Å²) in [5.41, 5.74) is 3.02. The third kappa shape index (κ3) is 5.59. The van der Waals surface area contributed by atoms with Crippen LogP contribution in [0.3, 0.4) is 0 Å². The molecule has 5 heteroatoms. The van der Waals surface area contributed by atoms with E-state index in [1.807, 2.05) is 0 Å². The summed E-state index contributed by atoms with van der Waals surface area (Å²) < 4.78 is 5.42. The molecule has 0 fully saturated rings. The highest BCUT2D eigenvalue weighted by molar-refractivity contribution is 5.82. The van der Waals surface area contributed by atoms with Crippen molar-refractivity contribution in [2.45, 2.75) is 60.0 Å². The summed E-state index contributed by atoms with van der Waals surface area (Å²) >= 11 is 0. The van der Waals surface area contributed by atoms with Crippen LogP contribution in [0.4, 0.5) is 0 Å². The quantitative estimate of drug-likeness (QED) is 0.690. The molecule has 3 N–H and O–H groups in total. The van der Waals surface area contributed by atoms with Crippen molar-refractivity contribution in [1.29, 1.82) is 0 Å². The van der Waals surface area contributed by atoms with Gasteiger partial charge in [0, 0.05) is 18.4 Å². The molecule has 5 nitrogen and oxygen atoms in total. The molecule has 0 aromatic heterocycles. The van der Waals surface area contributed by atoms with Crippen LogP contribution >= 0.6 is 0 Å². The van der Waals surface area contributed by atoms with Crippen molar-refractivity contribution in [1.82, 2.24) is 0 Å². The van der Waals surface area contributed by atoms with E-state index in [1.54, 1.807) is 41.5 Å². The van der Waals surface area contributed by atoms with Gasteiger partial charge in [0.25, 0.3) is 0 Å². The lowest BCUT2D eigenvalue weighted by atomic mass is 9.74. The number of esters is 1. The Hall–Kier alpha value is -1.10. The Kier molecular flexibility index (Phi) is 5.56. The number of carbonyl (C=O) groups excluding carboxylic acids is 2. The second kappa shape index (κ2) is 5.90. The molecule has 0 aromatic rings. The van der Waals surface area contributed by atoms with Crippen LogP contribution in [-0.4, -0.2) is 29.2 Å². The molecular formula is C14H27NO4. The smallest absolute Gasteiger partial charge is 0.312 e. The Balaban J connectivity index is 4.83. The van der Waals surface area contributed by atoms with E-state index < -0.39 is 22.3 Å². The minimum atomic E-state index is -0.814. The largest absolute Gasteiger partial charge is 0.459 e. The number of nitrogens with two attached hydrogens (primary N) is 1. The van der Waals surface area contributed by atoms with E-state index in [4.69, 9.17) is 15.6 Å². The van der Waals surface area contributed by atoms with E-state index in [0.717, 1.165) is 0 Å². The van der Waals surface area contributed by atoms with Crippen LogP contribution in [-0.2, 0) is 14.3 Å². The molecule has 0 radical (unpaired) electrons. The Bertz CT molecular complexity index is 345. The second-order valence-corrected chi connectivity index (χ2v) is 6.93. The van der Waals surface area contributed by atoms with Crippen molar-refractivity contribution in [2.24, 2.45) is 16.6 Å². The third-order valence-corrected chi connectivity index (χ3v) is 3.19. The van der Waals surface area contributed by atoms with Gasteiger partial charge in [-0.05, 0) is 34.1 Å². The molecule has 0 atom stereocenters. The summed E-state index contributed by atoms with van der Waals surface area (Å²) in [5.74, 6) is -0.830. The van der Waals surface area contributed by atoms with E-state index in [1.165, 1.54) is 0 Å². The maximum Gasteiger partial charge on any atom is 0.312 e. The molecular weight excluding hydrogens is 246 g/mol. The van der Waals surface area contributed by atoms with Crippen molar-refractivity contribution in [3.05, 3.63) is 0 Å². The summed E-state index contributed by atoms with van der Waals surface area (Å²) in [5, 5.41) is 8.92. The van der Waals surface area contributed by atoms with Crippen molar-refractivity contribution >= 4 is 11.9 Å². The van der Waals surface area contributed by atoms with Crippen molar-refractivity contribution in [2.75, 3.05) is 6.61 Å². The van der Waals surface area contributed by atoms with Crippen LogP contribution in [0.15, 0.2) is 0 Å². The standard InChI is InChI=1S/C14H27NO4/c1-12(2,10(15)17)9-13(3,4)11(18)19-14(5,6)7-8-16/h16H,7-9H2,1-6H3,(H2,15,17). The summed E-state index contributed by atoms with van der Waals surface area (Å²) in [6.45, 7) is 10.3. The highest BCUT2D eigenvalue weighted by Crippen LogP contribution is 2.35. The van der Waals surface area contributed by atoms with Crippen molar-refractivity contribution in [3.63, 3.8) is 0 Å². The first-order valence-electron chi connectivity index (χ1n) is 6.48. The fourth-order valence-corrected chi connectivity index (χ4v) is 1.97. The molecule has 0 heterocycles. The van der Waals surface area contributed by atoms with Gasteiger partial charge in [-0.3, -0.25) is 9.59 Å². The lowest BCUT2D eigenvalue weighted by Crippen LogP contribution is -2.42. The number of amides is 1. The molecule has 0 unspecified atom stereocenters. The van der Waals surface area contributed by atoms with E-state index in [2.05, 4.69) is 0 Å². The van der Waals surface area contributed by atoms with E-state index >= 15 is 0 Å². The molecule has 0 rings (SSSR count). The third-order valence-electron chi connectivity index (χ3n) is 3.19. The predicted molar refractivity (Wildman–Crippen MR) is 73.2 cm³/mol. The number of aliphatic hydroxyl groups is 1. The first-order chi connectivity index (χ1) is 8.34. The van der Waals surface area contributed by atoms with Gasteiger partial charge in [0.1, 0.15) is 5.60 Å². The average Bonchev–Trinajstić information content (AvgIpc) is 2.14. The zero-order valence-corrected chi connectivity index (χ0v) is 12.9. The molecule has 0 spiro atoms. The second-order valence-electron chi connectivity index (χ2n) is 6.93. The van der Waals surface area contributed by atoms with Gasteiger partial charge in [0.15, 0.2) is 0 Å². The SMILES string of the molecule is CC(C)(CCO)OC(=O)C(C)(C)CC(C)(C)C(N)=O. The number of carbonyl (C=O) groups is 2. The van der Waals surface area contributed by atoms with Crippen LogP contribution in [0.25, 0.3) is 0 Å². The van der Waals surface area contributed by atoms with Crippen LogP contribution < -0.4 is 5.73 Å². The normalized spacial score (nSPS) is 13.2. The molecule has 0 saturated carbocycles. The fraction of sp³-hybridized carbons (Fsp3) is 0.857. The zero-order valence-electron chi connectivity index (χ0n) is 12.9. The molecule has 19 heavy (non-hydrogen) atoms. The fourth-order valence-electron chi connectivity index (χ4n) is 1.97. The molecule has 112 valence electrons. The minimum Gasteiger partial charge on any atom is -0.459 e. The highest BCUT2D eigenvalue weighted by atomic mass is 16.6. The predicted octanol–water partition coefficient (Wildman–Crippen LogP) is 1.62. The van der Waals surface area contributed by atoms with Gasteiger partial charge in [0.2, 0.25) is 5.91 Å². The van der Waals surface area contributed by atoms with E-state index in [9.17, 15) is 9.59 Å². The zero-order chi connectivity index (χ0) is 15.5. The Morgan fingerprint density at radius 3 is 1.89 bits per heavy atom. The number of ether oxygens (including phenoxy) is 1. The van der Waals surface area contributed by atoms with Crippen LogP contribution in [0, 0.1) is 10.8 Å². The molecule has 0 aliphatic carbocycles. The number of aliphatic hydroxyl groups excluding tert-OH is 1. The molecule has 0 aliphatic heterocycles. The van der Waals surface area contributed by atoms with E-state index in [0.29, 0.717) is 12.8 Å². The number of hydrogen-bond acceptors (Lipinski definition) is 4. The summed E-state index contributed by atoms with van der Waals surface area (Å²) in [6.07, 6.45) is 0.678. The average molecular weight is 273 g/mol. The van der Waals surface area contributed by atoms with Gasteiger partial charge in [-0.2, -0.15) is 0 Å². The monoisotopic (exact) mass is 273 g/mol. The first kappa shape index (κ1) is 17.9. The lowest BCUT2D eigenvalue weighted by Gasteiger charge is -2.34. The van der Waals surface area contributed by atoms with Gasteiger partial charge < -0.3 is 15.6 Å². The molecule has 1 amide bonds.